The summed E-state index contributed by atoms with van der Waals surface area (Å²) >= 11 is 0. The molecule has 3 N–H and O–H groups in total. The number of nitrogens with zero attached hydrogens (tertiary/aromatic N) is 1. The molecule has 0 unspecified atom stereocenters. The van der Waals surface area contributed by atoms with Gasteiger partial charge in [-0.1, -0.05) is 0 Å². The van der Waals surface area contributed by atoms with Crippen molar-refractivity contribution in [3.05, 3.63) is 24.0 Å². The van der Waals surface area contributed by atoms with Gasteiger partial charge >= 0.3 is 0 Å². The molecule has 0 radical (unpaired) electrons. The Morgan fingerprint density at radius 1 is 1.29 bits per heavy atom. The Balaban J connectivity index is 1.49. The van der Waals surface area contributed by atoms with E-state index >= 15 is 0 Å². The molecule has 0 amide bonds. The lowest BCUT2D eigenvalue weighted by Gasteiger charge is -2.16. The van der Waals surface area contributed by atoms with E-state index in [1.54, 1.807) is 0 Å². The van der Waals surface area contributed by atoms with Gasteiger partial charge in [0.25, 0.3) is 0 Å². The largest absolute Gasteiger partial charge is 0.397 e. The number of hydrogen-bond acceptors (Lipinski definition) is 3. The zero-order valence-electron chi connectivity index (χ0n) is 10.2. The molecule has 3 rings (SSSR count). The zero-order chi connectivity index (χ0) is 11.7. The van der Waals surface area contributed by atoms with Crippen LogP contribution < -0.4 is 11.1 Å². The first-order valence-electron chi connectivity index (χ1n) is 6.74. The normalized spacial score (nSPS) is 19.8. The van der Waals surface area contributed by atoms with Gasteiger partial charge < -0.3 is 11.1 Å². The monoisotopic (exact) mass is 231 g/mol. The number of hydrogen-bond donors (Lipinski definition) is 2. The first-order chi connectivity index (χ1) is 8.34. The van der Waals surface area contributed by atoms with Crippen LogP contribution in [0, 0.1) is 17.8 Å². The van der Waals surface area contributed by atoms with Crippen molar-refractivity contribution in [1.82, 2.24) is 10.3 Å². The topological polar surface area (TPSA) is 50.9 Å². The van der Waals surface area contributed by atoms with Gasteiger partial charge in [0.2, 0.25) is 0 Å². The van der Waals surface area contributed by atoms with Crippen LogP contribution in [0.15, 0.2) is 18.3 Å². The maximum absolute atomic E-state index is 5.88. The van der Waals surface area contributed by atoms with Crippen LogP contribution in [0.1, 0.15) is 31.4 Å². The third kappa shape index (κ3) is 2.78. The van der Waals surface area contributed by atoms with Crippen molar-refractivity contribution in [3.63, 3.8) is 0 Å². The summed E-state index contributed by atoms with van der Waals surface area (Å²) in [7, 11) is 0. The summed E-state index contributed by atoms with van der Waals surface area (Å²) in [6, 6.07) is 3.80. The highest BCUT2D eigenvalue weighted by atomic mass is 14.9. The summed E-state index contributed by atoms with van der Waals surface area (Å²) in [4.78, 5) is 4.31. The lowest BCUT2D eigenvalue weighted by atomic mass is 9.98. The van der Waals surface area contributed by atoms with Crippen molar-refractivity contribution in [1.29, 1.82) is 0 Å². The number of pyridine rings is 1. The van der Waals surface area contributed by atoms with E-state index in [9.17, 15) is 0 Å². The van der Waals surface area contributed by atoms with Gasteiger partial charge in [-0.05, 0) is 62.1 Å². The van der Waals surface area contributed by atoms with Crippen LogP contribution in [-0.4, -0.2) is 11.5 Å². The molecule has 2 fully saturated rings. The van der Waals surface area contributed by atoms with Crippen LogP contribution in [0.25, 0.3) is 0 Å². The minimum absolute atomic E-state index is 0.800. The van der Waals surface area contributed by atoms with Gasteiger partial charge in [0.1, 0.15) is 0 Å². The van der Waals surface area contributed by atoms with Crippen molar-refractivity contribution < 1.29 is 0 Å². The molecule has 1 aromatic rings. The second-order valence-corrected chi connectivity index (χ2v) is 5.51. The van der Waals surface area contributed by atoms with Gasteiger partial charge in [0, 0.05) is 12.7 Å². The Morgan fingerprint density at radius 2 is 2.00 bits per heavy atom. The highest BCUT2D eigenvalue weighted by molar-refractivity contribution is 5.41. The number of aromatic nitrogens is 1. The smallest absolute Gasteiger partial charge is 0.0770 e. The average molecular weight is 231 g/mol. The van der Waals surface area contributed by atoms with Gasteiger partial charge in [-0.25, -0.2) is 0 Å². The van der Waals surface area contributed by atoms with Crippen molar-refractivity contribution in [3.8, 4) is 0 Å². The van der Waals surface area contributed by atoms with E-state index in [1.807, 2.05) is 18.3 Å². The van der Waals surface area contributed by atoms with Crippen LogP contribution in [0.4, 0.5) is 5.69 Å². The van der Waals surface area contributed by atoms with E-state index < -0.39 is 0 Å². The summed E-state index contributed by atoms with van der Waals surface area (Å²) in [6.07, 6.45) is 7.62. The molecule has 0 saturated heterocycles. The van der Waals surface area contributed by atoms with Crippen LogP contribution >= 0.6 is 0 Å². The Kier molecular flexibility index (Phi) is 3.02. The summed E-state index contributed by atoms with van der Waals surface area (Å²) < 4.78 is 0. The SMILES string of the molecule is Nc1cccnc1CNCC(C1CC1)C1CC1. The quantitative estimate of drug-likeness (QED) is 0.789. The molecule has 0 bridgehead atoms. The second-order valence-electron chi connectivity index (χ2n) is 5.51. The molecule has 1 aromatic heterocycles. The van der Waals surface area contributed by atoms with Gasteiger partial charge in [-0.3, -0.25) is 4.98 Å². The van der Waals surface area contributed by atoms with E-state index in [1.165, 1.54) is 25.7 Å². The predicted octanol–water partition coefficient (Wildman–Crippen LogP) is 2.19. The van der Waals surface area contributed by atoms with Gasteiger partial charge in [0.15, 0.2) is 0 Å². The fraction of sp³-hybridized carbons (Fsp3) is 0.643. The molecule has 0 spiro atoms. The van der Waals surface area contributed by atoms with Crippen molar-refractivity contribution in [2.45, 2.75) is 32.2 Å². The molecular formula is C14H21N3. The number of nitrogen functional groups attached to an aromatic ring is 1. The van der Waals surface area contributed by atoms with E-state index in [0.29, 0.717) is 0 Å². The second kappa shape index (κ2) is 4.65. The number of nitrogens with two attached hydrogens (primary N) is 1. The third-order valence-corrected chi connectivity index (χ3v) is 4.05. The fourth-order valence-corrected chi connectivity index (χ4v) is 2.72. The maximum Gasteiger partial charge on any atom is 0.0770 e. The van der Waals surface area contributed by atoms with Crippen molar-refractivity contribution >= 4 is 5.69 Å². The first kappa shape index (κ1) is 11.0. The highest BCUT2D eigenvalue weighted by Gasteiger charge is 2.40. The Bertz CT molecular complexity index is 371. The summed E-state index contributed by atoms with van der Waals surface area (Å²) in [5.74, 6) is 2.94. The van der Waals surface area contributed by atoms with Crippen LogP contribution in [0.3, 0.4) is 0 Å². The molecule has 2 saturated carbocycles. The van der Waals surface area contributed by atoms with Crippen LogP contribution in [0.5, 0.6) is 0 Å². The maximum atomic E-state index is 5.88. The lowest BCUT2D eigenvalue weighted by molar-refractivity contribution is 0.378. The van der Waals surface area contributed by atoms with E-state index in [2.05, 4.69) is 10.3 Å². The molecule has 2 aliphatic rings. The summed E-state index contributed by atoms with van der Waals surface area (Å²) in [5.41, 5.74) is 7.66. The van der Waals surface area contributed by atoms with Crippen LogP contribution in [0.2, 0.25) is 0 Å². The minimum atomic E-state index is 0.800. The molecule has 3 nitrogen and oxygen atoms in total. The van der Waals surface area contributed by atoms with Crippen LogP contribution in [-0.2, 0) is 6.54 Å². The Morgan fingerprint density at radius 3 is 2.59 bits per heavy atom. The predicted molar refractivity (Wildman–Crippen MR) is 69.3 cm³/mol. The molecular weight excluding hydrogens is 210 g/mol. The zero-order valence-corrected chi connectivity index (χ0v) is 10.2. The standard InChI is InChI=1S/C14H21N3/c15-13-2-1-7-17-14(13)9-16-8-12(10-3-4-10)11-5-6-11/h1-2,7,10-12,16H,3-6,8-9,15H2. The molecule has 0 atom stereocenters. The molecule has 1 heterocycles. The van der Waals surface area contributed by atoms with Gasteiger partial charge in [-0.2, -0.15) is 0 Å². The fourth-order valence-electron chi connectivity index (χ4n) is 2.72. The van der Waals surface area contributed by atoms with E-state index in [0.717, 1.165) is 42.2 Å². The molecule has 92 valence electrons. The van der Waals surface area contributed by atoms with Crippen molar-refractivity contribution in [2.24, 2.45) is 17.8 Å². The number of rotatable bonds is 6. The molecule has 0 aromatic carbocycles. The average Bonchev–Trinajstić information content (AvgIpc) is 3.18. The van der Waals surface area contributed by atoms with E-state index in [4.69, 9.17) is 5.73 Å². The number of nitrogens with one attached hydrogen (secondary N) is 1. The van der Waals surface area contributed by atoms with Gasteiger partial charge in [-0.15, -0.1) is 0 Å². The molecule has 3 heteroatoms. The molecule has 0 aliphatic heterocycles. The van der Waals surface area contributed by atoms with E-state index in [-0.39, 0.29) is 0 Å². The van der Waals surface area contributed by atoms with Gasteiger partial charge in [0.05, 0.1) is 11.4 Å². The summed E-state index contributed by atoms with van der Waals surface area (Å²) in [6.45, 7) is 1.95. The lowest BCUT2D eigenvalue weighted by Crippen LogP contribution is -2.26. The Labute approximate surface area is 103 Å². The first-order valence-corrected chi connectivity index (χ1v) is 6.74. The third-order valence-electron chi connectivity index (χ3n) is 4.05. The van der Waals surface area contributed by atoms with Crippen molar-refractivity contribution in [2.75, 3.05) is 12.3 Å². The molecule has 2 aliphatic carbocycles. The highest BCUT2D eigenvalue weighted by Crippen LogP contribution is 2.48. The molecule has 17 heavy (non-hydrogen) atoms. The Hall–Kier alpha value is -1.09. The minimum Gasteiger partial charge on any atom is -0.397 e. The number of anilines is 1. The summed E-state index contributed by atoms with van der Waals surface area (Å²) in [5, 5.41) is 3.54.